The molecule has 1 aliphatic heterocycles. The van der Waals surface area contributed by atoms with Crippen molar-refractivity contribution in [2.75, 3.05) is 38.2 Å². The molecule has 30 heavy (non-hydrogen) atoms. The molecule has 1 aliphatic rings. The summed E-state index contributed by atoms with van der Waals surface area (Å²) in [4.78, 5) is 17.2. The molecule has 1 fully saturated rings. The van der Waals surface area contributed by atoms with Gasteiger partial charge in [0.2, 0.25) is 0 Å². The van der Waals surface area contributed by atoms with Crippen molar-refractivity contribution in [3.05, 3.63) is 77.9 Å². The van der Waals surface area contributed by atoms with E-state index >= 15 is 0 Å². The average Bonchev–Trinajstić information content (AvgIpc) is 3.23. The number of amides is 1. The molecule has 0 atom stereocenters. The van der Waals surface area contributed by atoms with Crippen molar-refractivity contribution in [3.8, 4) is 17.5 Å². The zero-order valence-electron chi connectivity index (χ0n) is 16.6. The third kappa shape index (κ3) is 3.60. The van der Waals surface area contributed by atoms with Crippen LogP contribution >= 0.6 is 0 Å². The quantitative estimate of drug-likeness (QED) is 0.668. The van der Waals surface area contributed by atoms with Crippen LogP contribution in [-0.2, 0) is 0 Å². The minimum atomic E-state index is -0.400. The van der Waals surface area contributed by atoms with Crippen LogP contribution in [0.3, 0.4) is 0 Å². The zero-order chi connectivity index (χ0) is 21.1. The van der Waals surface area contributed by atoms with Gasteiger partial charge in [0.05, 0.1) is 18.4 Å². The number of nitrogens with zero attached hydrogens (tertiary/aromatic N) is 4. The Morgan fingerprint density at radius 3 is 2.53 bits per heavy atom. The number of hydrogen-bond acceptors (Lipinski definition) is 4. The van der Waals surface area contributed by atoms with Crippen LogP contribution in [0, 0.1) is 17.1 Å². The molecule has 0 radical (unpaired) electrons. The minimum absolute atomic E-state index is 0.236. The topological polar surface area (TPSA) is 61.5 Å². The van der Waals surface area contributed by atoms with Crippen LogP contribution in [0.15, 0.2) is 60.8 Å². The van der Waals surface area contributed by atoms with Gasteiger partial charge in [0.15, 0.2) is 0 Å². The summed E-state index contributed by atoms with van der Waals surface area (Å²) in [5.74, 6) is 0.160. The molecule has 1 amide bonds. The van der Waals surface area contributed by atoms with Gasteiger partial charge in [-0.3, -0.25) is 4.79 Å². The number of halogens is 1. The highest BCUT2D eigenvalue weighted by molar-refractivity contribution is 5.96. The molecule has 6 nitrogen and oxygen atoms in total. The second kappa shape index (κ2) is 8.29. The van der Waals surface area contributed by atoms with Crippen molar-refractivity contribution in [2.45, 2.75) is 0 Å². The number of hydrogen-bond donors (Lipinski definition) is 0. The maximum Gasteiger partial charge on any atom is 0.272 e. The van der Waals surface area contributed by atoms with Gasteiger partial charge in [0.25, 0.3) is 5.91 Å². The number of methoxy groups -OCH3 is 1. The first-order valence-corrected chi connectivity index (χ1v) is 9.67. The number of rotatable bonds is 4. The van der Waals surface area contributed by atoms with Crippen molar-refractivity contribution in [1.29, 1.82) is 5.26 Å². The molecule has 0 bridgehead atoms. The number of carbonyl (C=O) groups excluding carboxylic acids is 1. The zero-order valence-corrected chi connectivity index (χ0v) is 16.6. The van der Waals surface area contributed by atoms with E-state index in [-0.39, 0.29) is 17.2 Å². The smallest absolute Gasteiger partial charge is 0.272 e. The van der Waals surface area contributed by atoms with Crippen LogP contribution in [0.1, 0.15) is 16.1 Å². The Morgan fingerprint density at radius 2 is 1.83 bits per heavy atom. The maximum absolute atomic E-state index is 13.7. The summed E-state index contributed by atoms with van der Waals surface area (Å²) in [5.41, 5.74) is 2.03. The summed E-state index contributed by atoms with van der Waals surface area (Å²) in [6, 6.07) is 17.4. The summed E-state index contributed by atoms with van der Waals surface area (Å²) in [7, 11) is 1.64. The second-order valence-electron chi connectivity index (χ2n) is 6.99. The predicted octanol–water partition coefficient (Wildman–Crippen LogP) is 3.46. The van der Waals surface area contributed by atoms with Gasteiger partial charge in [0.1, 0.15) is 23.3 Å². The Balaban J connectivity index is 1.57. The molecule has 0 spiro atoms. The molecule has 3 aromatic rings. The molecule has 0 unspecified atom stereocenters. The predicted molar refractivity (Wildman–Crippen MR) is 112 cm³/mol. The molecule has 0 saturated carbocycles. The molecule has 152 valence electrons. The number of para-hydroxylation sites is 2. The lowest BCUT2D eigenvalue weighted by atomic mass is 10.2. The number of anilines is 1. The van der Waals surface area contributed by atoms with Gasteiger partial charge in [-0.25, -0.2) is 4.39 Å². The van der Waals surface area contributed by atoms with Gasteiger partial charge in [-0.2, -0.15) is 5.26 Å². The second-order valence-corrected chi connectivity index (χ2v) is 6.99. The number of piperazine rings is 1. The number of ether oxygens (including phenoxy) is 1. The monoisotopic (exact) mass is 404 g/mol. The average molecular weight is 404 g/mol. The van der Waals surface area contributed by atoms with Crippen molar-refractivity contribution >= 4 is 11.6 Å². The SMILES string of the molecule is COc1ccccc1N1CCN(C(=O)c2c(C#N)ccn2-c2cccc(F)c2)CC1. The van der Waals surface area contributed by atoms with Crippen molar-refractivity contribution in [3.63, 3.8) is 0 Å². The van der Waals surface area contributed by atoms with Crippen molar-refractivity contribution in [1.82, 2.24) is 9.47 Å². The van der Waals surface area contributed by atoms with Gasteiger partial charge >= 0.3 is 0 Å². The van der Waals surface area contributed by atoms with E-state index in [2.05, 4.69) is 11.0 Å². The summed E-state index contributed by atoms with van der Waals surface area (Å²) in [6.07, 6.45) is 1.63. The first kappa shape index (κ1) is 19.5. The summed E-state index contributed by atoms with van der Waals surface area (Å²) in [6.45, 7) is 2.31. The van der Waals surface area contributed by atoms with Crippen LogP contribution in [0.25, 0.3) is 5.69 Å². The van der Waals surface area contributed by atoms with Crippen LogP contribution < -0.4 is 9.64 Å². The van der Waals surface area contributed by atoms with Crippen LogP contribution in [-0.4, -0.2) is 48.7 Å². The van der Waals surface area contributed by atoms with Gasteiger partial charge in [-0.15, -0.1) is 0 Å². The highest BCUT2D eigenvalue weighted by Crippen LogP contribution is 2.29. The Kier molecular flexibility index (Phi) is 5.40. The van der Waals surface area contributed by atoms with E-state index in [1.807, 2.05) is 24.3 Å². The van der Waals surface area contributed by atoms with Crippen LogP contribution in [0.4, 0.5) is 10.1 Å². The third-order valence-corrected chi connectivity index (χ3v) is 5.29. The standard InChI is InChI=1S/C23H21FN4O2/c1-30-21-8-3-2-7-20(21)26-11-13-27(14-12-26)23(29)22-17(16-25)9-10-28(22)19-6-4-5-18(24)15-19/h2-10,15H,11-14H2,1H3. The lowest BCUT2D eigenvalue weighted by molar-refractivity contribution is 0.0738. The Labute approximate surface area is 174 Å². The Hall–Kier alpha value is -3.79. The Morgan fingerprint density at radius 1 is 1.07 bits per heavy atom. The molecular formula is C23H21FN4O2. The molecule has 4 rings (SSSR count). The lowest BCUT2D eigenvalue weighted by Crippen LogP contribution is -2.49. The van der Waals surface area contributed by atoms with Gasteiger partial charge in [0, 0.05) is 38.1 Å². The molecular weight excluding hydrogens is 383 g/mol. The number of carbonyl (C=O) groups is 1. The molecule has 1 aromatic heterocycles. The normalized spacial score (nSPS) is 13.8. The number of benzene rings is 2. The van der Waals surface area contributed by atoms with E-state index in [4.69, 9.17) is 4.74 Å². The van der Waals surface area contributed by atoms with Gasteiger partial charge in [-0.1, -0.05) is 18.2 Å². The molecule has 1 saturated heterocycles. The fourth-order valence-corrected chi connectivity index (χ4v) is 3.77. The van der Waals surface area contributed by atoms with Crippen molar-refractivity contribution < 1.29 is 13.9 Å². The highest BCUT2D eigenvalue weighted by Gasteiger charge is 2.28. The maximum atomic E-state index is 13.7. The van der Waals surface area contributed by atoms with E-state index in [1.54, 1.807) is 41.0 Å². The van der Waals surface area contributed by atoms with Crippen molar-refractivity contribution in [2.24, 2.45) is 0 Å². The van der Waals surface area contributed by atoms with Gasteiger partial charge < -0.3 is 19.1 Å². The number of aromatic nitrogens is 1. The fourth-order valence-electron chi connectivity index (χ4n) is 3.77. The molecule has 0 N–H and O–H groups in total. The molecule has 7 heteroatoms. The van der Waals surface area contributed by atoms with E-state index < -0.39 is 5.82 Å². The van der Waals surface area contributed by atoms with E-state index in [0.29, 0.717) is 31.9 Å². The highest BCUT2D eigenvalue weighted by atomic mass is 19.1. The van der Waals surface area contributed by atoms with Gasteiger partial charge in [-0.05, 0) is 36.4 Å². The fraction of sp³-hybridized carbons (Fsp3) is 0.217. The molecule has 2 aromatic carbocycles. The first-order chi connectivity index (χ1) is 14.6. The van der Waals surface area contributed by atoms with E-state index in [9.17, 15) is 14.4 Å². The summed E-state index contributed by atoms with van der Waals surface area (Å²) < 4.78 is 20.7. The Bertz CT molecular complexity index is 1110. The van der Waals surface area contributed by atoms with E-state index in [0.717, 1.165) is 11.4 Å². The van der Waals surface area contributed by atoms with Crippen LogP contribution in [0.5, 0.6) is 5.75 Å². The molecule has 2 heterocycles. The number of nitriles is 1. The minimum Gasteiger partial charge on any atom is -0.495 e. The largest absolute Gasteiger partial charge is 0.495 e. The lowest BCUT2D eigenvalue weighted by Gasteiger charge is -2.36. The first-order valence-electron chi connectivity index (χ1n) is 9.67. The third-order valence-electron chi connectivity index (χ3n) is 5.29. The summed E-state index contributed by atoms with van der Waals surface area (Å²) in [5, 5.41) is 9.50. The van der Waals surface area contributed by atoms with E-state index in [1.165, 1.54) is 12.1 Å². The van der Waals surface area contributed by atoms with Crippen LogP contribution in [0.2, 0.25) is 0 Å². The molecule has 0 aliphatic carbocycles. The summed E-state index contributed by atoms with van der Waals surface area (Å²) >= 11 is 0.